The van der Waals surface area contributed by atoms with Gasteiger partial charge < -0.3 is 20.7 Å². The van der Waals surface area contributed by atoms with Crippen molar-refractivity contribution in [2.75, 3.05) is 6.54 Å². The number of rotatable bonds is 2. The molecule has 0 aromatic heterocycles. The van der Waals surface area contributed by atoms with Gasteiger partial charge in [-0.3, -0.25) is 19.3 Å². The van der Waals surface area contributed by atoms with Crippen LogP contribution in [0, 0.1) is 11.8 Å². The average molecular weight is 509 g/mol. The van der Waals surface area contributed by atoms with Gasteiger partial charge in [-0.15, -0.1) is 0 Å². The Hall–Kier alpha value is -3.36. The quantitative estimate of drug-likeness (QED) is 0.595. The average Bonchev–Trinajstić information content (AvgIpc) is 3.20. The number of hydrogen-bond donors (Lipinski definition) is 2. The van der Waals surface area contributed by atoms with Gasteiger partial charge in [0.05, 0.1) is 6.54 Å². The van der Waals surface area contributed by atoms with Gasteiger partial charge in [-0.1, -0.05) is 56.2 Å². The number of nitrogens with one attached hydrogen (secondary N) is 1. The van der Waals surface area contributed by atoms with E-state index in [4.69, 9.17) is 10.5 Å². The molecule has 1 saturated heterocycles. The highest BCUT2D eigenvalue weighted by molar-refractivity contribution is 5.97. The second-order valence-electron chi connectivity index (χ2n) is 11.0. The van der Waals surface area contributed by atoms with Gasteiger partial charge in [0.15, 0.2) is 0 Å². The lowest BCUT2D eigenvalue weighted by Gasteiger charge is -2.28. The number of benzene rings is 1. The SMILES string of the molecule is C[C@H]1CCCCC/C=C\[C@@H]2C[C@@]2(C(N)=O)NC(=O)[C@@H]2C[C@@H](OC(=O)N3Cc4ccccc4C3)CN2C1=O. The van der Waals surface area contributed by atoms with Crippen molar-refractivity contribution in [3.8, 4) is 0 Å². The van der Waals surface area contributed by atoms with Crippen molar-refractivity contribution in [3.05, 3.63) is 47.5 Å². The van der Waals surface area contributed by atoms with Crippen LogP contribution >= 0.6 is 0 Å². The molecule has 198 valence electrons. The van der Waals surface area contributed by atoms with E-state index in [2.05, 4.69) is 11.4 Å². The lowest BCUT2D eigenvalue weighted by atomic mass is 10.0. The smallest absolute Gasteiger partial charge is 0.410 e. The van der Waals surface area contributed by atoms with Crippen LogP contribution in [0.1, 0.15) is 63.0 Å². The van der Waals surface area contributed by atoms with Crippen LogP contribution in [-0.4, -0.2) is 57.8 Å². The Bertz CT molecular complexity index is 1090. The van der Waals surface area contributed by atoms with Gasteiger partial charge in [-0.2, -0.15) is 0 Å². The van der Waals surface area contributed by atoms with Gasteiger partial charge >= 0.3 is 6.09 Å². The first-order valence-corrected chi connectivity index (χ1v) is 13.4. The highest BCUT2D eigenvalue weighted by Crippen LogP contribution is 2.45. The molecule has 3 aliphatic heterocycles. The number of allylic oxidation sites excluding steroid dienone is 1. The Morgan fingerprint density at radius 2 is 1.84 bits per heavy atom. The molecule has 3 heterocycles. The minimum absolute atomic E-state index is 0.124. The summed E-state index contributed by atoms with van der Waals surface area (Å²) in [6, 6.07) is 7.05. The maximum Gasteiger partial charge on any atom is 0.410 e. The summed E-state index contributed by atoms with van der Waals surface area (Å²) in [6.07, 6.45) is 8.18. The van der Waals surface area contributed by atoms with E-state index in [1.54, 1.807) is 4.90 Å². The lowest BCUT2D eigenvalue weighted by Crippen LogP contribution is -2.55. The zero-order chi connectivity index (χ0) is 26.2. The van der Waals surface area contributed by atoms with Crippen molar-refractivity contribution in [1.82, 2.24) is 15.1 Å². The Labute approximate surface area is 217 Å². The maximum absolute atomic E-state index is 13.5. The molecule has 9 nitrogen and oxygen atoms in total. The number of amides is 4. The molecule has 0 unspecified atom stereocenters. The third-order valence-corrected chi connectivity index (χ3v) is 8.31. The van der Waals surface area contributed by atoms with E-state index in [1.165, 1.54) is 4.90 Å². The van der Waals surface area contributed by atoms with Crippen LogP contribution in [0.25, 0.3) is 0 Å². The molecule has 1 saturated carbocycles. The fourth-order valence-electron chi connectivity index (χ4n) is 5.92. The molecule has 0 bridgehead atoms. The first-order valence-electron chi connectivity index (χ1n) is 13.4. The van der Waals surface area contributed by atoms with E-state index < -0.39 is 35.6 Å². The second-order valence-corrected chi connectivity index (χ2v) is 11.0. The van der Waals surface area contributed by atoms with E-state index in [0.29, 0.717) is 19.5 Å². The molecular formula is C28H36N4O5. The summed E-state index contributed by atoms with van der Waals surface area (Å²) < 4.78 is 5.82. The van der Waals surface area contributed by atoms with Gasteiger partial charge in [0, 0.05) is 31.3 Å². The van der Waals surface area contributed by atoms with Crippen LogP contribution in [0.5, 0.6) is 0 Å². The highest BCUT2D eigenvalue weighted by Gasteiger charge is 2.60. The number of carbonyl (C=O) groups excluding carboxylic acids is 4. The molecule has 4 amide bonds. The Balaban J connectivity index is 1.31. The molecule has 2 fully saturated rings. The van der Waals surface area contributed by atoms with E-state index in [1.807, 2.05) is 37.3 Å². The Kier molecular flexibility index (Phi) is 6.96. The van der Waals surface area contributed by atoms with Crippen molar-refractivity contribution in [2.24, 2.45) is 17.6 Å². The van der Waals surface area contributed by atoms with Crippen LogP contribution in [0.4, 0.5) is 4.79 Å². The molecule has 5 atom stereocenters. The lowest BCUT2D eigenvalue weighted by molar-refractivity contribution is -0.142. The van der Waals surface area contributed by atoms with E-state index >= 15 is 0 Å². The molecule has 1 aliphatic carbocycles. The zero-order valence-electron chi connectivity index (χ0n) is 21.4. The monoisotopic (exact) mass is 508 g/mol. The van der Waals surface area contributed by atoms with E-state index in [-0.39, 0.29) is 30.7 Å². The number of primary amides is 1. The van der Waals surface area contributed by atoms with Gasteiger partial charge in [0.2, 0.25) is 17.7 Å². The van der Waals surface area contributed by atoms with Crippen LogP contribution in [0.2, 0.25) is 0 Å². The van der Waals surface area contributed by atoms with Crippen molar-refractivity contribution in [2.45, 2.75) is 82.6 Å². The molecular weight excluding hydrogens is 472 g/mol. The summed E-state index contributed by atoms with van der Waals surface area (Å²) in [4.78, 5) is 55.4. The highest BCUT2D eigenvalue weighted by atomic mass is 16.6. The summed E-state index contributed by atoms with van der Waals surface area (Å²) >= 11 is 0. The third-order valence-electron chi connectivity index (χ3n) is 8.31. The summed E-state index contributed by atoms with van der Waals surface area (Å²) in [7, 11) is 0. The third kappa shape index (κ3) is 5.08. The number of nitrogens with two attached hydrogens (primary N) is 1. The molecule has 0 spiro atoms. The topological polar surface area (TPSA) is 122 Å². The van der Waals surface area contributed by atoms with Crippen LogP contribution in [-0.2, 0) is 32.2 Å². The number of ether oxygens (including phenoxy) is 1. The van der Waals surface area contributed by atoms with Crippen LogP contribution in [0.15, 0.2) is 36.4 Å². The Morgan fingerprint density at radius 3 is 2.54 bits per heavy atom. The van der Waals surface area contributed by atoms with E-state index in [9.17, 15) is 19.2 Å². The standard InChI is InChI=1S/C28H36N4O5/c1-18-9-5-3-2-4-6-12-21-14-28(21,26(29)35)30-24(33)23-13-22(17-32(23)25(18)34)37-27(36)31-15-19-10-7-8-11-20(19)16-31/h6-8,10-12,18,21-23H,2-5,9,13-17H2,1H3,(H2,29,35)(H,30,33)/b12-6-/t18-,21+,22+,23-,28+/m0/s1. The maximum atomic E-state index is 13.5. The predicted octanol–water partition coefficient (Wildman–Crippen LogP) is 2.62. The van der Waals surface area contributed by atoms with Gasteiger partial charge in [-0.05, 0) is 36.8 Å². The molecule has 37 heavy (non-hydrogen) atoms. The molecule has 1 aromatic rings. The Morgan fingerprint density at radius 1 is 1.11 bits per heavy atom. The first kappa shape index (κ1) is 25.3. The van der Waals surface area contributed by atoms with Crippen LogP contribution in [0.3, 0.4) is 0 Å². The number of fused-ring (bicyclic) bond motifs is 3. The fraction of sp³-hybridized carbons (Fsp3) is 0.571. The van der Waals surface area contributed by atoms with E-state index in [0.717, 1.165) is 43.2 Å². The number of nitrogens with zero attached hydrogens (tertiary/aromatic N) is 2. The van der Waals surface area contributed by atoms with Gasteiger partial charge in [-0.25, -0.2) is 4.79 Å². The second kappa shape index (κ2) is 10.2. The molecule has 0 radical (unpaired) electrons. The molecule has 9 heteroatoms. The predicted molar refractivity (Wildman–Crippen MR) is 136 cm³/mol. The summed E-state index contributed by atoms with van der Waals surface area (Å²) in [5.74, 6) is -1.51. The van der Waals surface area contributed by atoms with Gasteiger partial charge in [0.1, 0.15) is 17.7 Å². The van der Waals surface area contributed by atoms with Crippen molar-refractivity contribution >= 4 is 23.8 Å². The van der Waals surface area contributed by atoms with Crippen LogP contribution < -0.4 is 11.1 Å². The molecule has 5 rings (SSSR count). The normalized spacial score (nSPS) is 32.8. The summed E-state index contributed by atoms with van der Waals surface area (Å²) in [6.45, 7) is 2.99. The minimum atomic E-state index is -1.12. The zero-order valence-corrected chi connectivity index (χ0v) is 21.4. The van der Waals surface area contributed by atoms with Crippen molar-refractivity contribution < 1.29 is 23.9 Å². The fourth-order valence-corrected chi connectivity index (χ4v) is 5.92. The van der Waals surface area contributed by atoms with Crippen molar-refractivity contribution in [3.63, 3.8) is 0 Å². The van der Waals surface area contributed by atoms with Crippen molar-refractivity contribution in [1.29, 1.82) is 0 Å². The number of carbonyl (C=O) groups is 4. The summed E-state index contributed by atoms with van der Waals surface area (Å²) in [5.41, 5.74) is 6.77. The number of hydrogen-bond acceptors (Lipinski definition) is 5. The molecule has 4 aliphatic rings. The molecule has 3 N–H and O–H groups in total. The first-order chi connectivity index (χ1) is 17.8. The largest absolute Gasteiger partial charge is 0.444 e. The molecule has 1 aromatic carbocycles. The summed E-state index contributed by atoms with van der Waals surface area (Å²) in [5, 5.41) is 2.87. The van der Waals surface area contributed by atoms with Gasteiger partial charge in [0.25, 0.3) is 0 Å². The minimum Gasteiger partial charge on any atom is -0.444 e.